The average molecular weight is 533 g/mol. The summed E-state index contributed by atoms with van der Waals surface area (Å²) < 4.78 is 42.5. The summed E-state index contributed by atoms with van der Waals surface area (Å²) in [6.07, 6.45) is 2.36. The molecule has 0 radical (unpaired) electrons. The zero-order chi connectivity index (χ0) is 26.6. The number of benzene rings is 1. The first-order valence-corrected chi connectivity index (χ1v) is 14.4. The second-order valence-electron chi connectivity index (χ2n) is 8.93. The molecule has 12 heteroatoms. The third-order valence-electron chi connectivity index (χ3n) is 6.43. The standard InChI is InChI=1S/C25H36N6O5S/c1-5-9-22-26-19(6-2)23-25(32)27-24(28-31(22)23)18-16-17(10-11-20(18)36-8-4)37(33,34)29-21(7-3)30-12-14-35-15-13-30/h10-11,16,21,29H,5-9,12-15H2,1-4H3,(H,27,28,32). The summed E-state index contributed by atoms with van der Waals surface area (Å²) in [5.74, 6) is 1.34. The molecule has 37 heavy (non-hydrogen) atoms. The molecule has 3 heterocycles. The molecule has 0 bridgehead atoms. The van der Waals surface area contributed by atoms with Gasteiger partial charge in [-0.2, -0.15) is 4.72 Å². The first-order valence-electron chi connectivity index (χ1n) is 12.9. The highest BCUT2D eigenvalue weighted by Gasteiger charge is 2.27. The Labute approximate surface area is 217 Å². The lowest BCUT2D eigenvalue weighted by Crippen LogP contribution is -2.51. The fourth-order valence-corrected chi connectivity index (χ4v) is 5.91. The molecule has 1 aromatic carbocycles. The molecular formula is C25H36N6O5S. The van der Waals surface area contributed by atoms with Gasteiger partial charge in [0.05, 0.1) is 42.1 Å². The minimum atomic E-state index is -3.88. The Morgan fingerprint density at radius 2 is 1.95 bits per heavy atom. The van der Waals surface area contributed by atoms with Crippen LogP contribution in [0.3, 0.4) is 0 Å². The normalized spacial score (nSPS) is 15.8. The van der Waals surface area contributed by atoms with Gasteiger partial charge in [0.2, 0.25) is 10.0 Å². The summed E-state index contributed by atoms with van der Waals surface area (Å²) in [7, 11) is -3.88. The molecule has 2 N–H and O–H groups in total. The molecule has 1 aliphatic rings. The monoisotopic (exact) mass is 532 g/mol. The molecule has 0 saturated carbocycles. The molecule has 0 amide bonds. The highest BCUT2D eigenvalue weighted by atomic mass is 32.2. The van der Waals surface area contributed by atoms with Crippen molar-refractivity contribution in [2.75, 3.05) is 32.9 Å². The van der Waals surface area contributed by atoms with Crippen LogP contribution in [0.2, 0.25) is 0 Å². The number of morpholine rings is 1. The Hall–Kier alpha value is -2.80. The van der Waals surface area contributed by atoms with Crippen LogP contribution in [-0.2, 0) is 27.6 Å². The van der Waals surface area contributed by atoms with Crippen molar-refractivity contribution in [2.24, 2.45) is 0 Å². The summed E-state index contributed by atoms with van der Waals surface area (Å²) in [5, 5.41) is 4.69. The molecule has 1 fully saturated rings. The first kappa shape index (κ1) is 27.2. The van der Waals surface area contributed by atoms with Crippen molar-refractivity contribution in [1.82, 2.24) is 29.2 Å². The van der Waals surface area contributed by atoms with Crippen molar-refractivity contribution < 1.29 is 17.9 Å². The number of nitrogens with zero attached hydrogens (tertiary/aromatic N) is 4. The molecular weight excluding hydrogens is 496 g/mol. The number of H-pyrrole nitrogens is 1. The smallest absolute Gasteiger partial charge is 0.277 e. The number of rotatable bonds is 11. The van der Waals surface area contributed by atoms with E-state index >= 15 is 0 Å². The van der Waals surface area contributed by atoms with Crippen molar-refractivity contribution >= 4 is 15.5 Å². The molecule has 1 aliphatic heterocycles. The van der Waals surface area contributed by atoms with Crippen molar-refractivity contribution in [3.05, 3.63) is 40.1 Å². The second-order valence-corrected chi connectivity index (χ2v) is 10.6. The van der Waals surface area contributed by atoms with Crippen molar-refractivity contribution in [3.63, 3.8) is 0 Å². The van der Waals surface area contributed by atoms with Gasteiger partial charge in [-0.05, 0) is 44.4 Å². The molecule has 1 saturated heterocycles. The van der Waals surface area contributed by atoms with Crippen LogP contribution in [0.15, 0.2) is 27.9 Å². The minimum absolute atomic E-state index is 0.0640. The van der Waals surface area contributed by atoms with Crippen LogP contribution in [0.4, 0.5) is 0 Å². The van der Waals surface area contributed by atoms with Gasteiger partial charge in [0, 0.05) is 19.5 Å². The third-order valence-corrected chi connectivity index (χ3v) is 7.89. The van der Waals surface area contributed by atoms with E-state index in [9.17, 15) is 13.2 Å². The van der Waals surface area contributed by atoms with E-state index < -0.39 is 10.0 Å². The quantitative estimate of drug-likeness (QED) is 0.385. The predicted octanol–water partition coefficient (Wildman–Crippen LogP) is 2.34. The largest absolute Gasteiger partial charge is 0.493 e. The van der Waals surface area contributed by atoms with E-state index in [1.807, 2.05) is 27.7 Å². The van der Waals surface area contributed by atoms with E-state index in [0.29, 0.717) is 80.5 Å². The number of fused-ring (bicyclic) bond motifs is 1. The van der Waals surface area contributed by atoms with Gasteiger partial charge in [0.1, 0.15) is 11.6 Å². The van der Waals surface area contributed by atoms with Crippen LogP contribution < -0.4 is 15.0 Å². The summed E-state index contributed by atoms with van der Waals surface area (Å²) in [5.41, 5.74) is 1.15. The number of aryl methyl sites for hydroxylation is 2. The molecule has 0 spiro atoms. The summed E-state index contributed by atoms with van der Waals surface area (Å²) >= 11 is 0. The van der Waals surface area contributed by atoms with E-state index in [2.05, 4.69) is 19.6 Å². The number of nitrogens with one attached hydrogen (secondary N) is 2. The van der Waals surface area contributed by atoms with Gasteiger partial charge in [-0.3, -0.25) is 9.69 Å². The van der Waals surface area contributed by atoms with E-state index in [-0.39, 0.29) is 22.4 Å². The fourth-order valence-electron chi connectivity index (χ4n) is 4.58. The number of imidazole rings is 1. The molecule has 3 aromatic rings. The topological polar surface area (TPSA) is 131 Å². The average Bonchev–Trinajstić information content (AvgIpc) is 3.26. The van der Waals surface area contributed by atoms with Gasteiger partial charge in [0.15, 0.2) is 11.3 Å². The Kier molecular flexibility index (Phi) is 8.63. The fraction of sp³-hybridized carbons (Fsp3) is 0.560. The highest BCUT2D eigenvalue weighted by molar-refractivity contribution is 7.89. The zero-order valence-corrected chi connectivity index (χ0v) is 22.7. The maximum atomic E-state index is 13.4. The van der Waals surface area contributed by atoms with Gasteiger partial charge in [-0.15, -0.1) is 5.10 Å². The number of hydrogen-bond acceptors (Lipinski definition) is 8. The van der Waals surface area contributed by atoms with Crippen molar-refractivity contribution in [2.45, 2.75) is 64.4 Å². The predicted molar refractivity (Wildman–Crippen MR) is 140 cm³/mol. The van der Waals surface area contributed by atoms with E-state index in [1.165, 1.54) is 12.1 Å². The van der Waals surface area contributed by atoms with Crippen molar-refractivity contribution in [1.29, 1.82) is 0 Å². The van der Waals surface area contributed by atoms with Crippen LogP contribution in [0.1, 0.15) is 52.1 Å². The molecule has 1 atom stereocenters. The van der Waals surface area contributed by atoms with Crippen LogP contribution in [0.25, 0.3) is 16.9 Å². The summed E-state index contributed by atoms with van der Waals surface area (Å²) in [6.45, 7) is 10.6. The molecule has 11 nitrogen and oxygen atoms in total. The number of aromatic nitrogens is 4. The SMILES string of the molecule is CCCc1nc(CC)c2c(=O)[nH]c(-c3cc(S(=O)(=O)NC(CC)N4CCOCC4)ccc3OCC)nn12. The molecule has 1 unspecified atom stereocenters. The van der Waals surface area contributed by atoms with Crippen LogP contribution >= 0.6 is 0 Å². The minimum Gasteiger partial charge on any atom is -0.493 e. The molecule has 202 valence electrons. The van der Waals surface area contributed by atoms with Crippen molar-refractivity contribution in [3.8, 4) is 17.1 Å². The molecule has 0 aliphatic carbocycles. The number of hydrogen-bond donors (Lipinski definition) is 2. The van der Waals surface area contributed by atoms with Gasteiger partial charge >= 0.3 is 0 Å². The third kappa shape index (κ3) is 5.71. The number of aromatic amines is 1. The lowest BCUT2D eigenvalue weighted by Gasteiger charge is -2.34. The molecule has 4 rings (SSSR count). The Bertz CT molecular complexity index is 1390. The molecule has 2 aromatic heterocycles. The van der Waals surface area contributed by atoms with Crippen LogP contribution in [0.5, 0.6) is 5.75 Å². The summed E-state index contributed by atoms with van der Waals surface area (Å²) in [4.78, 5) is 22.7. The van der Waals surface area contributed by atoms with Gasteiger partial charge in [-0.25, -0.2) is 17.9 Å². The zero-order valence-electron chi connectivity index (χ0n) is 21.9. The maximum Gasteiger partial charge on any atom is 0.277 e. The van der Waals surface area contributed by atoms with Crippen LogP contribution in [0, 0.1) is 0 Å². The Morgan fingerprint density at radius 1 is 1.19 bits per heavy atom. The van der Waals surface area contributed by atoms with E-state index in [4.69, 9.17) is 14.6 Å². The van der Waals surface area contributed by atoms with Gasteiger partial charge < -0.3 is 14.5 Å². The van der Waals surface area contributed by atoms with E-state index in [0.717, 1.165) is 6.42 Å². The maximum absolute atomic E-state index is 13.4. The van der Waals surface area contributed by atoms with Gasteiger partial charge in [0.25, 0.3) is 5.56 Å². The van der Waals surface area contributed by atoms with E-state index in [1.54, 1.807) is 10.6 Å². The Balaban J connectivity index is 1.78. The van der Waals surface area contributed by atoms with Crippen LogP contribution in [-0.4, -0.2) is 72.0 Å². The lowest BCUT2D eigenvalue weighted by atomic mass is 10.2. The summed E-state index contributed by atoms with van der Waals surface area (Å²) in [6, 6.07) is 4.61. The first-order chi connectivity index (χ1) is 17.8. The highest BCUT2D eigenvalue weighted by Crippen LogP contribution is 2.30. The Morgan fingerprint density at radius 3 is 2.59 bits per heavy atom. The number of ether oxygens (including phenoxy) is 2. The van der Waals surface area contributed by atoms with Gasteiger partial charge in [-0.1, -0.05) is 20.8 Å². The second kappa shape index (κ2) is 11.7. The number of sulfonamides is 1. The lowest BCUT2D eigenvalue weighted by molar-refractivity contribution is 0.0133.